The van der Waals surface area contributed by atoms with Crippen molar-refractivity contribution in [3.05, 3.63) is 12.2 Å². The topological polar surface area (TPSA) is 26.3 Å². The van der Waals surface area contributed by atoms with E-state index in [1.807, 2.05) is 0 Å². The molecule has 0 aliphatic heterocycles. The Kier molecular flexibility index (Phi) is 51.5. The fourth-order valence-electron chi connectivity index (χ4n) is 8.43. The quantitative estimate of drug-likeness (QED) is 0.0349. The van der Waals surface area contributed by atoms with Crippen LogP contribution in [0.15, 0.2) is 12.2 Å². The van der Waals surface area contributed by atoms with Crippen LogP contribution in [-0.4, -0.2) is 12.6 Å². The normalized spacial score (nSPS) is 11.7. The Balaban J connectivity index is 3.16. The first kappa shape index (κ1) is 55.2. The molecule has 0 saturated carbocycles. The lowest BCUT2D eigenvalue weighted by Gasteiger charge is -2.06. The summed E-state index contributed by atoms with van der Waals surface area (Å²) in [5, 5.41) is 0. The van der Waals surface area contributed by atoms with Crippen molar-refractivity contribution in [3.63, 3.8) is 0 Å². The highest BCUT2D eigenvalue weighted by Gasteiger charge is 2.03. The lowest BCUT2D eigenvalue weighted by molar-refractivity contribution is -0.143. The Labute approximate surface area is 355 Å². The van der Waals surface area contributed by atoms with Gasteiger partial charge >= 0.3 is 5.97 Å². The Morgan fingerprint density at radius 3 is 0.768 bits per heavy atom. The lowest BCUT2D eigenvalue weighted by Crippen LogP contribution is -2.05. The van der Waals surface area contributed by atoms with Crippen molar-refractivity contribution in [2.75, 3.05) is 6.61 Å². The SMILES string of the molecule is CCCCCCCC/C=C\CCCCCCCCCCCCOC(=O)CCCCCCCCCCCCCCCCCCCCCCCCCCCCCCC. The average molecular weight is 787 g/mol. The molecule has 0 aliphatic rings. The molecule has 0 fully saturated rings. The van der Waals surface area contributed by atoms with Crippen LogP contribution in [-0.2, 0) is 9.53 Å². The Morgan fingerprint density at radius 1 is 0.286 bits per heavy atom. The highest BCUT2D eigenvalue weighted by molar-refractivity contribution is 5.69. The molecule has 0 amide bonds. The summed E-state index contributed by atoms with van der Waals surface area (Å²) in [6.45, 7) is 5.23. The van der Waals surface area contributed by atoms with E-state index in [0.717, 1.165) is 12.8 Å². The van der Waals surface area contributed by atoms with Crippen LogP contribution in [0, 0.1) is 0 Å². The summed E-state index contributed by atoms with van der Waals surface area (Å²) >= 11 is 0. The summed E-state index contributed by atoms with van der Waals surface area (Å²) in [7, 11) is 0. The third-order valence-corrected chi connectivity index (χ3v) is 12.4. The maximum atomic E-state index is 12.1. The second-order valence-corrected chi connectivity index (χ2v) is 18.2. The molecule has 0 saturated heterocycles. The molecule has 334 valence electrons. The second kappa shape index (κ2) is 52.2. The second-order valence-electron chi connectivity index (χ2n) is 18.2. The molecule has 0 aliphatic carbocycles. The minimum absolute atomic E-state index is 0.0309. The monoisotopic (exact) mass is 787 g/mol. The molecule has 0 N–H and O–H groups in total. The van der Waals surface area contributed by atoms with E-state index in [2.05, 4.69) is 26.0 Å². The molecular formula is C54H106O2. The Hall–Kier alpha value is -0.790. The van der Waals surface area contributed by atoms with Gasteiger partial charge in [0.2, 0.25) is 0 Å². The van der Waals surface area contributed by atoms with Gasteiger partial charge in [0.15, 0.2) is 0 Å². The lowest BCUT2D eigenvalue weighted by atomic mass is 10.0. The summed E-state index contributed by atoms with van der Waals surface area (Å²) in [5.74, 6) is 0.0309. The predicted molar refractivity (Wildman–Crippen MR) is 253 cm³/mol. The fraction of sp³-hybridized carbons (Fsp3) is 0.944. The summed E-state index contributed by atoms with van der Waals surface area (Å²) in [5.41, 5.74) is 0. The number of carbonyl (C=O) groups is 1. The first-order valence-electron chi connectivity index (χ1n) is 26.6. The first-order chi connectivity index (χ1) is 27.8. The van der Waals surface area contributed by atoms with Crippen LogP contribution in [0.25, 0.3) is 0 Å². The van der Waals surface area contributed by atoms with Gasteiger partial charge in [-0.2, -0.15) is 0 Å². The summed E-state index contributed by atoms with van der Waals surface area (Å²) in [6.07, 6.45) is 70.8. The smallest absolute Gasteiger partial charge is 0.305 e. The van der Waals surface area contributed by atoms with E-state index in [9.17, 15) is 4.79 Å². The Bertz CT molecular complexity index is 728. The van der Waals surface area contributed by atoms with Crippen molar-refractivity contribution < 1.29 is 9.53 Å². The zero-order valence-corrected chi connectivity index (χ0v) is 39.1. The molecule has 0 unspecified atom stereocenters. The fourth-order valence-corrected chi connectivity index (χ4v) is 8.43. The maximum Gasteiger partial charge on any atom is 0.305 e. The number of hydrogen-bond acceptors (Lipinski definition) is 2. The van der Waals surface area contributed by atoms with Gasteiger partial charge in [0.25, 0.3) is 0 Å². The predicted octanol–water partition coefficient (Wildman–Crippen LogP) is 19.9. The van der Waals surface area contributed by atoms with Gasteiger partial charge in [-0.15, -0.1) is 0 Å². The maximum absolute atomic E-state index is 12.1. The Morgan fingerprint density at radius 2 is 0.500 bits per heavy atom. The molecule has 0 aromatic heterocycles. The first-order valence-corrected chi connectivity index (χ1v) is 26.6. The molecule has 2 nitrogen and oxygen atoms in total. The third-order valence-electron chi connectivity index (χ3n) is 12.4. The van der Waals surface area contributed by atoms with Gasteiger partial charge in [0.1, 0.15) is 0 Å². The molecule has 0 aromatic carbocycles. The van der Waals surface area contributed by atoms with E-state index in [1.54, 1.807) is 0 Å². The standard InChI is InChI=1S/C54H106O2/c1-3-5-7-9-11-13-15-17-19-21-23-25-26-27-28-29-30-31-32-33-34-36-38-40-42-44-46-48-50-52-54(55)56-53-51-49-47-45-43-41-39-37-35-24-22-20-18-16-14-12-10-8-6-4-2/h18,20H,3-17,19,21-53H2,1-2H3/b20-18-. The van der Waals surface area contributed by atoms with Gasteiger partial charge in [0, 0.05) is 6.42 Å². The molecule has 0 atom stereocenters. The van der Waals surface area contributed by atoms with Crippen molar-refractivity contribution in [1.82, 2.24) is 0 Å². The molecule has 2 heteroatoms. The minimum Gasteiger partial charge on any atom is -0.466 e. The van der Waals surface area contributed by atoms with E-state index in [1.165, 1.54) is 289 Å². The largest absolute Gasteiger partial charge is 0.466 e. The molecule has 0 aromatic rings. The number of rotatable bonds is 50. The molecular weight excluding hydrogens is 681 g/mol. The van der Waals surface area contributed by atoms with Crippen LogP contribution in [0.1, 0.15) is 322 Å². The van der Waals surface area contributed by atoms with Gasteiger partial charge in [-0.25, -0.2) is 0 Å². The van der Waals surface area contributed by atoms with Crippen LogP contribution in [0.2, 0.25) is 0 Å². The van der Waals surface area contributed by atoms with Crippen LogP contribution >= 0.6 is 0 Å². The van der Waals surface area contributed by atoms with Crippen LogP contribution < -0.4 is 0 Å². The van der Waals surface area contributed by atoms with E-state index in [0.29, 0.717) is 13.0 Å². The van der Waals surface area contributed by atoms with E-state index in [-0.39, 0.29) is 5.97 Å². The average Bonchev–Trinajstić information content (AvgIpc) is 3.20. The van der Waals surface area contributed by atoms with E-state index >= 15 is 0 Å². The number of hydrogen-bond donors (Lipinski definition) is 0. The van der Waals surface area contributed by atoms with E-state index < -0.39 is 0 Å². The molecule has 0 rings (SSSR count). The van der Waals surface area contributed by atoms with Crippen molar-refractivity contribution in [1.29, 1.82) is 0 Å². The van der Waals surface area contributed by atoms with Crippen molar-refractivity contribution >= 4 is 5.97 Å². The molecule has 0 radical (unpaired) electrons. The number of carbonyl (C=O) groups excluding carboxylic acids is 1. The van der Waals surface area contributed by atoms with Gasteiger partial charge in [-0.3, -0.25) is 4.79 Å². The highest BCUT2D eigenvalue weighted by Crippen LogP contribution is 2.17. The zero-order valence-electron chi connectivity index (χ0n) is 39.1. The van der Waals surface area contributed by atoms with Crippen LogP contribution in [0.4, 0.5) is 0 Å². The molecule has 0 spiro atoms. The van der Waals surface area contributed by atoms with Crippen molar-refractivity contribution in [3.8, 4) is 0 Å². The molecule has 0 bridgehead atoms. The number of ether oxygens (including phenoxy) is 1. The van der Waals surface area contributed by atoms with Crippen LogP contribution in [0.5, 0.6) is 0 Å². The number of unbranched alkanes of at least 4 members (excludes halogenated alkanes) is 44. The van der Waals surface area contributed by atoms with Gasteiger partial charge < -0.3 is 4.74 Å². The van der Waals surface area contributed by atoms with Gasteiger partial charge in [-0.1, -0.05) is 289 Å². The summed E-state index contributed by atoms with van der Waals surface area (Å²) in [6, 6.07) is 0. The van der Waals surface area contributed by atoms with E-state index in [4.69, 9.17) is 4.74 Å². The van der Waals surface area contributed by atoms with Crippen LogP contribution in [0.3, 0.4) is 0 Å². The summed E-state index contributed by atoms with van der Waals surface area (Å²) < 4.78 is 5.50. The van der Waals surface area contributed by atoms with Crippen molar-refractivity contribution in [2.45, 2.75) is 322 Å². The molecule has 0 heterocycles. The minimum atomic E-state index is 0.0309. The summed E-state index contributed by atoms with van der Waals surface area (Å²) in [4.78, 5) is 12.1. The highest BCUT2D eigenvalue weighted by atomic mass is 16.5. The molecule has 56 heavy (non-hydrogen) atoms. The van der Waals surface area contributed by atoms with Crippen molar-refractivity contribution in [2.24, 2.45) is 0 Å². The number of esters is 1. The zero-order chi connectivity index (χ0) is 40.3. The third kappa shape index (κ3) is 51.2. The van der Waals surface area contributed by atoms with Gasteiger partial charge in [0.05, 0.1) is 6.61 Å². The number of allylic oxidation sites excluding steroid dienone is 2. The van der Waals surface area contributed by atoms with Gasteiger partial charge in [-0.05, 0) is 38.5 Å².